The van der Waals surface area contributed by atoms with Gasteiger partial charge in [0.1, 0.15) is 5.82 Å². The van der Waals surface area contributed by atoms with Gasteiger partial charge in [-0.05, 0) is 24.5 Å². The van der Waals surface area contributed by atoms with Crippen LogP contribution in [0.5, 0.6) is 0 Å². The highest BCUT2D eigenvalue weighted by Gasteiger charge is 2.36. The molecule has 76 valence electrons. The quantitative estimate of drug-likeness (QED) is 0.701. The normalized spacial score (nSPS) is 19.9. The lowest BCUT2D eigenvalue weighted by Gasteiger charge is -2.27. The molecule has 1 aliphatic carbocycles. The van der Waals surface area contributed by atoms with Gasteiger partial charge in [-0.3, -0.25) is 0 Å². The predicted octanol–water partition coefficient (Wildman–Crippen LogP) is 4.03. The van der Waals surface area contributed by atoms with Gasteiger partial charge in [0.2, 0.25) is 0 Å². The van der Waals surface area contributed by atoms with Crippen LogP contribution in [0.2, 0.25) is 0 Å². The van der Waals surface area contributed by atoms with E-state index in [0.717, 1.165) is 23.7 Å². The number of hydrogen-bond acceptors (Lipinski definition) is 0. The van der Waals surface area contributed by atoms with Crippen LogP contribution >= 0.6 is 15.9 Å². The first-order chi connectivity index (χ1) is 6.78. The molecule has 0 spiro atoms. The summed E-state index contributed by atoms with van der Waals surface area (Å²) in [5.74, 6) is -0.0474. The van der Waals surface area contributed by atoms with Crippen LogP contribution in [0.3, 0.4) is 0 Å². The maximum absolute atomic E-state index is 13.7. The van der Waals surface area contributed by atoms with E-state index in [1.54, 1.807) is 12.1 Å². The average Bonchev–Trinajstić information content (AvgIpc) is 2.68. The van der Waals surface area contributed by atoms with Crippen molar-refractivity contribution in [3.05, 3.63) is 35.6 Å². The zero-order chi connectivity index (χ0) is 10.0. The zero-order valence-electron chi connectivity index (χ0n) is 8.10. The Hall–Kier alpha value is -0.370. The van der Waals surface area contributed by atoms with Crippen molar-refractivity contribution in [3.63, 3.8) is 0 Å². The van der Waals surface area contributed by atoms with E-state index in [9.17, 15) is 4.39 Å². The number of rotatable bonds is 2. The van der Waals surface area contributed by atoms with Crippen LogP contribution in [0.25, 0.3) is 0 Å². The Balaban J connectivity index is 2.41. The molecule has 2 heteroatoms. The van der Waals surface area contributed by atoms with Gasteiger partial charge >= 0.3 is 0 Å². The van der Waals surface area contributed by atoms with Crippen molar-refractivity contribution >= 4 is 15.9 Å². The summed E-state index contributed by atoms with van der Waals surface area (Å²) in [6.45, 7) is 0. The first-order valence-electron chi connectivity index (χ1n) is 5.09. The van der Waals surface area contributed by atoms with Crippen LogP contribution in [0.15, 0.2) is 24.3 Å². The van der Waals surface area contributed by atoms with Gasteiger partial charge in [-0.15, -0.1) is 0 Å². The largest absolute Gasteiger partial charge is 0.207 e. The van der Waals surface area contributed by atoms with E-state index in [1.807, 2.05) is 12.1 Å². The summed E-state index contributed by atoms with van der Waals surface area (Å²) in [7, 11) is 0. The second-order valence-electron chi connectivity index (χ2n) is 4.10. The molecular weight excluding hydrogens is 243 g/mol. The van der Waals surface area contributed by atoms with Crippen molar-refractivity contribution in [1.82, 2.24) is 0 Å². The molecule has 0 radical (unpaired) electrons. The summed E-state index contributed by atoms with van der Waals surface area (Å²) in [6, 6.07) is 7.19. The van der Waals surface area contributed by atoms with Crippen LogP contribution in [-0.2, 0) is 5.41 Å². The summed E-state index contributed by atoms with van der Waals surface area (Å²) < 4.78 is 13.7. The fraction of sp³-hybridized carbons (Fsp3) is 0.500. The molecule has 1 aliphatic rings. The summed E-state index contributed by atoms with van der Waals surface area (Å²) >= 11 is 3.54. The van der Waals surface area contributed by atoms with Crippen LogP contribution < -0.4 is 0 Å². The number of benzene rings is 1. The van der Waals surface area contributed by atoms with Crippen LogP contribution in [0.4, 0.5) is 4.39 Å². The third-order valence-electron chi connectivity index (χ3n) is 3.26. The van der Waals surface area contributed by atoms with Gasteiger partial charge in [-0.1, -0.05) is 47.0 Å². The molecule has 0 saturated heterocycles. The van der Waals surface area contributed by atoms with Gasteiger partial charge < -0.3 is 0 Å². The van der Waals surface area contributed by atoms with E-state index in [2.05, 4.69) is 15.9 Å². The molecule has 1 aromatic carbocycles. The molecule has 0 nitrogen and oxygen atoms in total. The van der Waals surface area contributed by atoms with E-state index in [-0.39, 0.29) is 11.2 Å². The van der Waals surface area contributed by atoms with Crippen molar-refractivity contribution in [2.75, 3.05) is 5.33 Å². The maximum Gasteiger partial charge on any atom is 0.126 e. The van der Waals surface area contributed by atoms with E-state index in [1.165, 1.54) is 12.8 Å². The minimum atomic E-state index is -0.0474. The fourth-order valence-corrected chi connectivity index (χ4v) is 3.28. The van der Waals surface area contributed by atoms with Gasteiger partial charge in [-0.25, -0.2) is 4.39 Å². The summed E-state index contributed by atoms with van der Waals surface area (Å²) in [5, 5.41) is 0.876. The molecule has 0 aliphatic heterocycles. The first kappa shape index (κ1) is 10.2. The Kier molecular flexibility index (Phi) is 2.91. The van der Waals surface area contributed by atoms with E-state index in [0.29, 0.717) is 0 Å². The lowest BCUT2D eigenvalue weighted by molar-refractivity contribution is 0.468. The van der Waals surface area contributed by atoms with Crippen molar-refractivity contribution in [3.8, 4) is 0 Å². The molecule has 0 unspecified atom stereocenters. The number of hydrogen-bond donors (Lipinski definition) is 0. The molecule has 0 atom stereocenters. The maximum atomic E-state index is 13.7. The molecule has 0 N–H and O–H groups in total. The SMILES string of the molecule is Fc1ccccc1C1(CBr)CCCC1. The van der Waals surface area contributed by atoms with E-state index < -0.39 is 0 Å². The van der Waals surface area contributed by atoms with Gasteiger partial charge in [-0.2, -0.15) is 0 Å². The third-order valence-corrected chi connectivity index (χ3v) is 4.34. The monoisotopic (exact) mass is 256 g/mol. The van der Waals surface area contributed by atoms with E-state index >= 15 is 0 Å². The molecule has 14 heavy (non-hydrogen) atoms. The summed E-state index contributed by atoms with van der Waals surface area (Å²) in [4.78, 5) is 0. The van der Waals surface area contributed by atoms with Gasteiger partial charge in [0, 0.05) is 10.7 Å². The highest BCUT2D eigenvalue weighted by Crippen LogP contribution is 2.43. The molecule has 0 aromatic heterocycles. The lowest BCUT2D eigenvalue weighted by Crippen LogP contribution is -2.25. The zero-order valence-corrected chi connectivity index (χ0v) is 9.69. The van der Waals surface area contributed by atoms with Crippen molar-refractivity contribution in [1.29, 1.82) is 0 Å². The third kappa shape index (κ3) is 1.60. The minimum absolute atomic E-state index is 0.0474. The lowest BCUT2D eigenvalue weighted by atomic mass is 9.81. The highest BCUT2D eigenvalue weighted by atomic mass is 79.9. The summed E-state index contributed by atoms with van der Waals surface area (Å²) in [6.07, 6.45) is 4.66. The second-order valence-corrected chi connectivity index (χ2v) is 4.66. The molecule has 0 bridgehead atoms. The Labute approximate surface area is 92.6 Å². The van der Waals surface area contributed by atoms with Crippen LogP contribution in [-0.4, -0.2) is 5.33 Å². The molecule has 0 heterocycles. The van der Waals surface area contributed by atoms with Gasteiger partial charge in [0.15, 0.2) is 0 Å². The number of alkyl halides is 1. The van der Waals surface area contributed by atoms with Gasteiger partial charge in [0.25, 0.3) is 0 Å². The molecular formula is C12H14BrF. The van der Waals surface area contributed by atoms with E-state index in [4.69, 9.17) is 0 Å². The molecule has 1 fully saturated rings. The van der Waals surface area contributed by atoms with Crippen LogP contribution in [0.1, 0.15) is 31.2 Å². The Morgan fingerprint density at radius 2 is 1.86 bits per heavy atom. The molecule has 1 aromatic rings. The Morgan fingerprint density at radius 3 is 2.43 bits per heavy atom. The predicted molar refractivity (Wildman–Crippen MR) is 60.3 cm³/mol. The molecule has 2 rings (SSSR count). The highest BCUT2D eigenvalue weighted by molar-refractivity contribution is 9.09. The van der Waals surface area contributed by atoms with Crippen molar-refractivity contribution in [2.24, 2.45) is 0 Å². The second kappa shape index (κ2) is 4.01. The Morgan fingerprint density at radius 1 is 1.21 bits per heavy atom. The van der Waals surface area contributed by atoms with Crippen LogP contribution in [0, 0.1) is 5.82 Å². The smallest absolute Gasteiger partial charge is 0.126 e. The summed E-state index contributed by atoms with van der Waals surface area (Å²) in [5.41, 5.74) is 0.958. The topological polar surface area (TPSA) is 0 Å². The number of halogens is 2. The van der Waals surface area contributed by atoms with Gasteiger partial charge in [0.05, 0.1) is 0 Å². The standard InChI is InChI=1S/C12H14BrF/c13-9-12(7-3-4-8-12)10-5-1-2-6-11(10)14/h1-2,5-6H,3-4,7-9H2. The first-order valence-corrected chi connectivity index (χ1v) is 6.22. The average molecular weight is 257 g/mol. The Bertz CT molecular complexity index is 316. The molecule has 0 amide bonds. The minimum Gasteiger partial charge on any atom is -0.207 e. The molecule has 1 saturated carbocycles. The van der Waals surface area contributed by atoms with Crippen molar-refractivity contribution < 1.29 is 4.39 Å². The van der Waals surface area contributed by atoms with Crippen molar-refractivity contribution in [2.45, 2.75) is 31.1 Å². The fourth-order valence-electron chi connectivity index (χ4n) is 2.42.